The van der Waals surface area contributed by atoms with Crippen LogP contribution in [0.15, 0.2) is 47.5 Å². The molecular weight excluding hydrogens is 443 g/mol. The highest BCUT2D eigenvalue weighted by atomic mass is 35.5. The molecular formula is C19H11ClF3N3OS2. The van der Waals surface area contributed by atoms with Crippen LogP contribution < -0.4 is 5.32 Å². The minimum atomic E-state index is -4.51. The number of benzene rings is 2. The van der Waals surface area contributed by atoms with Gasteiger partial charge in [0.15, 0.2) is 0 Å². The summed E-state index contributed by atoms with van der Waals surface area (Å²) in [5.41, 5.74) is 0.733. The van der Waals surface area contributed by atoms with Crippen molar-refractivity contribution in [3.8, 4) is 0 Å². The van der Waals surface area contributed by atoms with E-state index in [0.717, 1.165) is 17.0 Å². The Morgan fingerprint density at radius 3 is 2.72 bits per heavy atom. The molecule has 0 radical (unpaired) electrons. The van der Waals surface area contributed by atoms with E-state index in [1.807, 2.05) is 6.07 Å². The molecule has 1 aliphatic rings. The summed E-state index contributed by atoms with van der Waals surface area (Å²) in [4.78, 5) is 12.3. The van der Waals surface area contributed by atoms with E-state index in [2.05, 4.69) is 10.4 Å². The van der Waals surface area contributed by atoms with Crippen LogP contribution in [0.2, 0.25) is 5.02 Å². The fourth-order valence-electron chi connectivity index (χ4n) is 3.01. The monoisotopic (exact) mass is 453 g/mol. The quantitative estimate of drug-likeness (QED) is 0.435. The number of aromatic nitrogens is 2. The standard InChI is InChI=1S/C19H11ClF3N3OS2/c20-13-3-2-11(14(7-13)19(21,22)23)9-26-15-4-1-10(5-12(15)8-24-26)6-16-17(27)25-18(28)29-16/h1-8H,9H2,(H,25,27,28). The van der Waals surface area contributed by atoms with Crippen molar-refractivity contribution >= 4 is 62.8 Å². The van der Waals surface area contributed by atoms with Crippen LogP contribution in [0.5, 0.6) is 0 Å². The molecule has 1 amide bonds. The predicted octanol–water partition coefficient (Wildman–Crippen LogP) is 5.25. The van der Waals surface area contributed by atoms with Gasteiger partial charge in [0.25, 0.3) is 5.91 Å². The first-order chi connectivity index (χ1) is 13.7. The third-order valence-electron chi connectivity index (χ3n) is 4.30. The highest BCUT2D eigenvalue weighted by molar-refractivity contribution is 8.26. The summed E-state index contributed by atoms with van der Waals surface area (Å²) in [7, 11) is 0. The number of thiocarbonyl (C=S) groups is 1. The molecule has 1 saturated heterocycles. The second-order valence-electron chi connectivity index (χ2n) is 6.27. The summed E-state index contributed by atoms with van der Waals surface area (Å²) in [6.07, 6.45) is -1.23. The van der Waals surface area contributed by atoms with Crippen LogP contribution in [0.4, 0.5) is 13.2 Å². The number of carbonyl (C=O) groups is 1. The third-order valence-corrected chi connectivity index (χ3v) is 5.70. The number of carbonyl (C=O) groups excluding carboxylic acids is 1. The molecule has 10 heteroatoms. The molecule has 0 bridgehead atoms. The molecule has 0 unspecified atom stereocenters. The molecule has 0 aliphatic carbocycles. The Hall–Kier alpha value is -2.36. The van der Waals surface area contributed by atoms with E-state index < -0.39 is 11.7 Å². The molecule has 1 aromatic heterocycles. The number of nitrogens with one attached hydrogen (secondary N) is 1. The lowest BCUT2D eigenvalue weighted by molar-refractivity contribution is -0.138. The van der Waals surface area contributed by atoms with E-state index in [0.29, 0.717) is 14.7 Å². The van der Waals surface area contributed by atoms with E-state index >= 15 is 0 Å². The van der Waals surface area contributed by atoms with Crippen LogP contribution in [0.3, 0.4) is 0 Å². The predicted molar refractivity (Wildman–Crippen MR) is 112 cm³/mol. The van der Waals surface area contributed by atoms with Gasteiger partial charge < -0.3 is 5.32 Å². The molecule has 3 aromatic rings. The van der Waals surface area contributed by atoms with Gasteiger partial charge in [-0.15, -0.1) is 0 Å². The van der Waals surface area contributed by atoms with Crippen LogP contribution >= 0.6 is 35.6 Å². The summed E-state index contributed by atoms with van der Waals surface area (Å²) in [5.74, 6) is -0.252. The molecule has 2 aromatic carbocycles. The lowest BCUT2D eigenvalue weighted by atomic mass is 10.1. The van der Waals surface area contributed by atoms with Crippen molar-refractivity contribution in [2.75, 3.05) is 0 Å². The van der Waals surface area contributed by atoms with Crippen molar-refractivity contribution in [1.82, 2.24) is 15.1 Å². The van der Waals surface area contributed by atoms with Gasteiger partial charge in [-0.3, -0.25) is 9.48 Å². The first-order valence-electron chi connectivity index (χ1n) is 8.27. The number of rotatable bonds is 3. The topological polar surface area (TPSA) is 46.9 Å². The van der Waals surface area contributed by atoms with Gasteiger partial charge in [0.1, 0.15) is 4.32 Å². The van der Waals surface area contributed by atoms with E-state index in [9.17, 15) is 18.0 Å². The van der Waals surface area contributed by atoms with Crippen molar-refractivity contribution in [1.29, 1.82) is 0 Å². The largest absolute Gasteiger partial charge is 0.416 e. The number of thioether (sulfide) groups is 1. The zero-order valence-corrected chi connectivity index (χ0v) is 16.8. The molecule has 1 N–H and O–H groups in total. The summed E-state index contributed by atoms with van der Waals surface area (Å²) in [6, 6.07) is 9.05. The second-order valence-corrected chi connectivity index (χ2v) is 8.43. The van der Waals surface area contributed by atoms with Gasteiger partial charge in [0.05, 0.1) is 28.7 Å². The average Bonchev–Trinajstić information content (AvgIpc) is 3.18. The van der Waals surface area contributed by atoms with E-state index in [1.165, 1.54) is 28.6 Å². The van der Waals surface area contributed by atoms with Gasteiger partial charge >= 0.3 is 6.18 Å². The van der Waals surface area contributed by atoms with Crippen molar-refractivity contribution in [3.05, 3.63) is 69.2 Å². The maximum absolute atomic E-state index is 13.3. The molecule has 0 atom stereocenters. The fourth-order valence-corrected chi connectivity index (χ4v) is 4.22. The fraction of sp³-hybridized carbons (Fsp3) is 0.105. The van der Waals surface area contributed by atoms with Crippen molar-refractivity contribution in [2.45, 2.75) is 12.7 Å². The Morgan fingerprint density at radius 1 is 1.24 bits per heavy atom. The molecule has 4 rings (SSSR count). The van der Waals surface area contributed by atoms with Gasteiger partial charge in [0.2, 0.25) is 0 Å². The molecule has 1 fully saturated rings. The molecule has 0 spiro atoms. The minimum absolute atomic E-state index is 0.0254. The number of halogens is 4. The van der Waals surface area contributed by atoms with Gasteiger partial charge in [-0.25, -0.2) is 0 Å². The van der Waals surface area contributed by atoms with Crippen LogP contribution in [0.25, 0.3) is 17.0 Å². The molecule has 1 aliphatic heterocycles. The number of fused-ring (bicyclic) bond motifs is 1. The first-order valence-corrected chi connectivity index (χ1v) is 9.87. The third kappa shape index (κ3) is 4.17. The number of hydrogen-bond donors (Lipinski definition) is 1. The lowest BCUT2D eigenvalue weighted by Gasteiger charge is -2.14. The number of nitrogens with zero attached hydrogens (tertiary/aromatic N) is 2. The van der Waals surface area contributed by atoms with Crippen molar-refractivity contribution < 1.29 is 18.0 Å². The zero-order chi connectivity index (χ0) is 20.8. The van der Waals surface area contributed by atoms with E-state index in [-0.39, 0.29) is 23.0 Å². The van der Waals surface area contributed by atoms with Gasteiger partial charge in [-0.05, 0) is 41.5 Å². The van der Waals surface area contributed by atoms with Crippen LogP contribution in [-0.4, -0.2) is 20.0 Å². The minimum Gasteiger partial charge on any atom is -0.307 e. The molecule has 2 heterocycles. The second kappa shape index (κ2) is 7.47. The molecule has 29 heavy (non-hydrogen) atoms. The smallest absolute Gasteiger partial charge is 0.307 e. The maximum atomic E-state index is 13.3. The van der Waals surface area contributed by atoms with Gasteiger partial charge in [0, 0.05) is 10.4 Å². The van der Waals surface area contributed by atoms with Crippen LogP contribution in [0, 0.1) is 0 Å². The van der Waals surface area contributed by atoms with Gasteiger partial charge in [-0.2, -0.15) is 18.3 Å². The van der Waals surface area contributed by atoms with Gasteiger partial charge in [-0.1, -0.05) is 47.7 Å². The molecule has 4 nitrogen and oxygen atoms in total. The Kier molecular flexibility index (Phi) is 5.14. The van der Waals surface area contributed by atoms with Crippen molar-refractivity contribution in [2.24, 2.45) is 0 Å². The SMILES string of the molecule is O=C1NC(=S)SC1=Cc1ccc2c(cnn2Cc2ccc(Cl)cc2C(F)(F)F)c1. The Balaban J connectivity index is 1.67. The maximum Gasteiger partial charge on any atom is 0.416 e. The van der Waals surface area contributed by atoms with E-state index in [1.54, 1.807) is 24.4 Å². The highest BCUT2D eigenvalue weighted by Crippen LogP contribution is 2.34. The normalized spacial score (nSPS) is 16.1. The van der Waals surface area contributed by atoms with Crippen molar-refractivity contribution in [3.63, 3.8) is 0 Å². The summed E-state index contributed by atoms with van der Waals surface area (Å²) in [6.45, 7) is -0.0531. The Labute approximate surface area is 177 Å². The number of alkyl halides is 3. The Morgan fingerprint density at radius 2 is 2.03 bits per heavy atom. The van der Waals surface area contributed by atoms with Crippen LogP contribution in [0.1, 0.15) is 16.7 Å². The van der Waals surface area contributed by atoms with E-state index in [4.69, 9.17) is 23.8 Å². The average molecular weight is 454 g/mol. The number of hydrogen-bond acceptors (Lipinski definition) is 4. The molecule has 0 saturated carbocycles. The van der Waals surface area contributed by atoms with Crippen LogP contribution in [-0.2, 0) is 17.5 Å². The summed E-state index contributed by atoms with van der Waals surface area (Å²) < 4.78 is 41.9. The zero-order valence-electron chi connectivity index (χ0n) is 14.5. The lowest BCUT2D eigenvalue weighted by Crippen LogP contribution is -2.17. The number of amides is 1. The Bertz CT molecular complexity index is 1190. The highest BCUT2D eigenvalue weighted by Gasteiger charge is 2.33. The summed E-state index contributed by atoms with van der Waals surface area (Å²) in [5, 5.41) is 7.54. The molecule has 148 valence electrons. The summed E-state index contributed by atoms with van der Waals surface area (Å²) >= 11 is 11.9. The first kappa shape index (κ1) is 19.9.